The molecule has 1 rings (SSSR count). The molecule has 0 aliphatic carbocycles. The number of rotatable bonds is 5. The van der Waals surface area contributed by atoms with Gasteiger partial charge in [0, 0.05) is 19.8 Å². The van der Waals surface area contributed by atoms with E-state index < -0.39 is 12.7 Å². The molecule has 0 saturated heterocycles. The van der Waals surface area contributed by atoms with Gasteiger partial charge in [0.2, 0.25) is 5.95 Å². The third-order valence-electron chi connectivity index (χ3n) is 1.98. The Morgan fingerprint density at radius 2 is 2.12 bits per heavy atom. The van der Waals surface area contributed by atoms with Crippen molar-refractivity contribution in [2.24, 2.45) is 0 Å². The molecule has 0 atom stereocenters. The van der Waals surface area contributed by atoms with Crippen LogP contribution in [-0.4, -0.2) is 36.3 Å². The molecular formula is C10H15F3N4. The van der Waals surface area contributed by atoms with Gasteiger partial charge in [0.05, 0.1) is 0 Å². The van der Waals surface area contributed by atoms with Gasteiger partial charge in [-0.25, -0.2) is 4.98 Å². The van der Waals surface area contributed by atoms with Crippen molar-refractivity contribution in [1.29, 1.82) is 0 Å². The van der Waals surface area contributed by atoms with Crippen LogP contribution in [0.4, 0.5) is 24.9 Å². The van der Waals surface area contributed by atoms with E-state index in [1.54, 1.807) is 0 Å². The lowest BCUT2D eigenvalue weighted by Gasteiger charge is -2.20. The van der Waals surface area contributed by atoms with E-state index in [0.29, 0.717) is 12.5 Å². The Balaban J connectivity index is 2.70. The van der Waals surface area contributed by atoms with E-state index in [0.717, 1.165) is 11.3 Å². The Labute approximate surface area is 97.9 Å². The largest absolute Gasteiger partial charge is 0.405 e. The van der Waals surface area contributed by atoms with Crippen molar-refractivity contribution < 1.29 is 13.2 Å². The first-order valence-corrected chi connectivity index (χ1v) is 5.27. The average molecular weight is 248 g/mol. The number of halogens is 3. The maximum atomic E-state index is 12.2. The maximum Gasteiger partial charge on any atom is 0.405 e. The molecule has 0 radical (unpaired) electrons. The van der Waals surface area contributed by atoms with Crippen LogP contribution < -0.4 is 10.2 Å². The molecule has 1 aromatic heterocycles. The Kier molecular flexibility index (Phi) is 4.53. The van der Waals surface area contributed by atoms with Gasteiger partial charge in [0.1, 0.15) is 12.4 Å². The van der Waals surface area contributed by atoms with Gasteiger partial charge in [-0.3, -0.25) is 0 Å². The van der Waals surface area contributed by atoms with Gasteiger partial charge in [-0.15, -0.1) is 0 Å². The molecule has 1 N–H and O–H groups in total. The molecule has 0 amide bonds. The Morgan fingerprint density at radius 1 is 1.41 bits per heavy atom. The lowest BCUT2D eigenvalue weighted by molar-refractivity contribution is -0.119. The number of hydrogen-bond acceptors (Lipinski definition) is 4. The van der Waals surface area contributed by atoms with Crippen LogP contribution in [0.15, 0.2) is 12.3 Å². The molecule has 0 aliphatic rings. The van der Waals surface area contributed by atoms with Crippen LogP contribution in [0.1, 0.15) is 13.3 Å². The second-order valence-electron chi connectivity index (χ2n) is 3.64. The monoisotopic (exact) mass is 248 g/mol. The fourth-order valence-corrected chi connectivity index (χ4v) is 1.23. The number of nitrogens with one attached hydrogen (secondary N) is 1. The summed E-state index contributed by atoms with van der Waals surface area (Å²) in [6.45, 7) is 1.64. The minimum Gasteiger partial charge on any atom is -0.354 e. The van der Waals surface area contributed by atoms with Crippen LogP contribution in [0.2, 0.25) is 0 Å². The second kappa shape index (κ2) is 5.70. The predicted octanol–water partition coefficient (Wildman–Crippen LogP) is 2.30. The third kappa shape index (κ3) is 4.88. The minimum atomic E-state index is -4.24. The molecule has 0 saturated carbocycles. The van der Waals surface area contributed by atoms with Crippen LogP contribution in [0.5, 0.6) is 0 Å². The van der Waals surface area contributed by atoms with Crippen LogP contribution in [0.3, 0.4) is 0 Å². The molecule has 0 aromatic carbocycles. The molecular weight excluding hydrogens is 233 g/mol. The van der Waals surface area contributed by atoms with E-state index in [9.17, 15) is 13.2 Å². The summed E-state index contributed by atoms with van der Waals surface area (Å²) in [7, 11) is 1.35. The number of alkyl halides is 3. The maximum absolute atomic E-state index is 12.2. The van der Waals surface area contributed by atoms with E-state index in [2.05, 4.69) is 15.3 Å². The van der Waals surface area contributed by atoms with Gasteiger partial charge in [-0.05, 0) is 12.5 Å². The van der Waals surface area contributed by atoms with E-state index in [-0.39, 0.29) is 5.82 Å². The SMILES string of the molecule is CCCNc1nccc(N(C)CC(F)(F)F)n1. The summed E-state index contributed by atoms with van der Waals surface area (Å²) in [5.41, 5.74) is 0. The number of anilines is 2. The van der Waals surface area contributed by atoms with Gasteiger partial charge in [0.25, 0.3) is 0 Å². The van der Waals surface area contributed by atoms with Gasteiger partial charge in [-0.1, -0.05) is 6.92 Å². The van der Waals surface area contributed by atoms with E-state index in [4.69, 9.17) is 0 Å². The van der Waals surface area contributed by atoms with Crippen LogP contribution in [0.25, 0.3) is 0 Å². The van der Waals surface area contributed by atoms with Crippen LogP contribution >= 0.6 is 0 Å². The zero-order chi connectivity index (χ0) is 12.9. The fourth-order valence-electron chi connectivity index (χ4n) is 1.23. The highest BCUT2D eigenvalue weighted by molar-refractivity contribution is 5.41. The Bertz CT molecular complexity index is 354. The quantitative estimate of drug-likeness (QED) is 0.868. The summed E-state index contributed by atoms with van der Waals surface area (Å²) >= 11 is 0. The summed E-state index contributed by atoms with van der Waals surface area (Å²) in [6.07, 6.45) is -1.91. The van der Waals surface area contributed by atoms with Gasteiger partial charge >= 0.3 is 6.18 Å². The summed E-state index contributed by atoms with van der Waals surface area (Å²) < 4.78 is 36.6. The molecule has 0 fully saturated rings. The molecule has 1 aromatic rings. The van der Waals surface area contributed by atoms with Crippen molar-refractivity contribution in [3.05, 3.63) is 12.3 Å². The highest BCUT2D eigenvalue weighted by Gasteiger charge is 2.29. The van der Waals surface area contributed by atoms with Crippen molar-refractivity contribution in [1.82, 2.24) is 9.97 Å². The van der Waals surface area contributed by atoms with Crippen molar-refractivity contribution in [3.63, 3.8) is 0 Å². The second-order valence-corrected chi connectivity index (χ2v) is 3.64. The highest BCUT2D eigenvalue weighted by Crippen LogP contribution is 2.19. The average Bonchev–Trinajstić information content (AvgIpc) is 2.24. The zero-order valence-electron chi connectivity index (χ0n) is 9.75. The number of nitrogens with zero attached hydrogens (tertiary/aromatic N) is 3. The zero-order valence-corrected chi connectivity index (χ0v) is 9.75. The first-order chi connectivity index (χ1) is 7.92. The molecule has 0 spiro atoms. The summed E-state index contributed by atoms with van der Waals surface area (Å²) in [6, 6.07) is 1.45. The standard InChI is InChI=1S/C10H15F3N4/c1-3-5-14-9-15-6-4-8(16-9)17(2)7-10(11,12)13/h4,6H,3,5,7H2,1-2H3,(H,14,15,16). The fraction of sp³-hybridized carbons (Fsp3) is 0.600. The first-order valence-electron chi connectivity index (χ1n) is 5.27. The smallest absolute Gasteiger partial charge is 0.354 e. The molecule has 0 unspecified atom stereocenters. The molecule has 7 heteroatoms. The topological polar surface area (TPSA) is 41.1 Å². The lowest BCUT2D eigenvalue weighted by Crippen LogP contribution is -2.31. The van der Waals surface area contributed by atoms with Crippen LogP contribution in [0, 0.1) is 0 Å². The highest BCUT2D eigenvalue weighted by atomic mass is 19.4. The van der Waals surface area contributed by atoms with Crippen LogP contribution in [-0.2, 0) is 0 Å². The Morgan fingerprint density at radius 3 is 2.71 bits per heavy atom. The first kappa shape index (κ1) is 13.5. The van der Waals surface area contributed by atoms with Crippen molar-refractivity contribution in [3.8, 4) is 0 Å². The summed E-state index contributed by atoms with van der Waals surface area (Å²) in [5, 5.41) is 2.92. The summed E-state index contributed by atoms with van der Waals surface area (Å²) in [5.74, 6) is 0.592. The summed E-state index contributed by atoms with van der Waals surface area (Å²) in [4.78, 5) is 8.96. The van der Waals surface area contributed by atoms with Gasteiger partial charge in [-0.2, -0.15) is 18.2 Å². The molecule has 0 bridgehead atoms. The molecule has 1 heterocycles. The van der Waals surface area contributed by atoms with E-state index in [1.165, 1.54) is 19.3 Å². The number of hydrogen-bond donors (Lipinski definition) is 1. The van der Waals surface area contributed by atoms with Gasteiger partial charge in [0.15, 0.2) is 0 Å². The molecule has 4 nitrogen and oxygen atoms in total. The van der Waals surface area contributed by atoms with Crippen molar-refractivity contribution in [2.75, 3.05) is 30.4 Å². The molecule has 17 heavy (non-hydrogen) atoms. The lowest BCUT2D eigenvalue weighted by atomic mass is 10.4. The van der Waals surface area contributed by atoms with E-state index >= 15 is 0 Å². The predicted molar refractivity (Wildman–Crippen MR) is 60.1 cm³/mol. The van der Waals surface area contributed by atoms with Gasteiger partial charge < -0.3 is 10.2 Å². The normalized spacial score (nSPS) is 11.4. The minimum absolute atomic E-state index is 0.246. The third-order valence-corrected chi connectivity index (χ3v) is 1.98. The number of aromatic nitrogens is 2. The van der Waals surface area contributed by atoms with Crippen molar-refractivity contribution in [2.45, 2.75) is 19.5 Å². The molecule has 0 aliphatic heterocycles. The van der Waals surface area contributed by atoms with Crippen molar-refractivity contribution >= 4 is 11.8 Å². The molecule has 96 valence electrons. The van der Waals surface area contributed by atoms with E-state index in [1.807, 2.05) is 6.92 Å². The Hall–Kier alpha value is -1.53.